The van der Waals surface area contributed by atoms with Gasteiger partial charge < -0.3 is 20.0 Å². The van der Waals surface area contributed by atoms with Gasteiger partial charge in [0.2, 0.25) is 11.8 Å². The Labute approximate surface area is 237 Å². The van der Waals surface area contributed by atoms with E-state index < -0.39 is 0 Å². The monoisotopic (exact) mass is 546 g/mol. The van der Waals surface area contributed by atoms with Gasteiger partial charge in [0.1, 0.15) is 6.33 Å². The Morgan fingerprint density at radius 3 is 2.20 bits per heavy atom. The number of aromatic nitrogens is 2. The maximum absolute atomic E-state index is 13.4. The van der Waals surface area contributed by atoms with E-state index in [1.807, 2.05) is 36.9 Å². The molecular formula is C31H42N6O3. The Bertz CT molecular complexity index is 1200. The number of nitrogens with zero attached hydrogens (tertiary/aromatic N) is 5. The van der Waals surface area contributed by atoms with Crippen molar-refractivity contribution in [2.24, 2.45) is 23.7 Å². The number of likely N-dealkylation sites (tertiary alicyclic amines) is 2. The Morgan fingerprint density at radius 2 is 1.57 bits per heavy atom. The lowest BCUT2D eigenvalue weighted by Gasteiger charge is -2.27. The van der Waals surface area contributed by atoms with Gasteiger partial charge in [0.15, 0.2) is 0 Å². The second kappa shape index (κ2) is 12.0. The van der Waals surface area contributed by atoms with Crippen molar-refractivity contribution in [3.05, 3.63) is 59.2 Å². The van der Waals surface area contributed by atoms with Gasteiger partial charge in [0.25, 0.3) is 5.91 Å². The number of rotatable bonds is 8. The molecule has 9 nitrogen and oxygen atoms in total. The molecule has 40 heavy (non-hydrogen) atoms. The summed E-state index contributed by atoms with van der Waals surface area (Å²) in [5.41, 5.74) is 3.20. The van der Waals surface area contributed by atoms with Crippen LogP contribution in [0.5, 0.6) is 0 Å². The molecule has 1 N–H and O–H groups in total. The molecule has 3 heterocycles. The predicted molar refractivity (Wildman–Crippen MR) is 152 cm³/mol. The number of carbonyl (C=O) groups is 3. The van der Waals surface area contributed by atoms with Crippen LogP contribution < -0.4 is 5.32 Å². The molecule has 1 aliphatic carbocycles. The van der Waals surface area contributed by atoms with Crippen LogP contribution in [0, 0.1) is 37.5 Å². The van der Waals surface area contributed by atoms with Gasteiger partial charge in [-0.3, -0.25) is 14.4 Å². The Morgan fingerprint density at radius 1 is 0.950 bits per heavy atom. The first-order valence-electron chi connectivity index (χ1n) is 14.6. The minimum atomic E-state index is -0.266. The molecule has 1 aromatic carbocycles. The molecule has 1 aromatic heterocycles. The van der Waals surface area contributed by atoms with Gasteiger partial charge in [-0.2, -0.15) is 0 Å². The molecule has 5 rings (SSSR count). The zero-order valence-electron chi connectivity index (χ0n) is 24.2. The molecule has 0 radical (unpaired) electrons. The smallest absolute Gasteiger partial charge is 0.257 e. The van der Waals surface area contributed by atoms with E-state index in [1.54, 1.807) is 19.0 Å². The summed E-state index contributed by atoms with van der Waals surface area (Å²) in [5.74, 6) is 0.500. The van der Waals surface area contributed by atoms with E-state index >= 15 is 0 Å². The van der Waals surface area contributed by atoms with E-state index in [0.717, 1.165) is 75.4 Å². The molecule has 214 valence electrons. The van der Waals surface area contributed by atoms with E-state index in [-0.39, 0.29) is 35.6 Å². The molecule has 0 bridgehead atoms. The largest absolute Gasteiger partial charge is 0.349 e. The molecule has 9 heteroatoms. The molecule has 5 atom stereocenters. The summed E-state index contributed by atoms with van der Waals surface area (Å²) in [5, 5.41) is 3.32. The molecule has 3 aliphatic rings. The first kappa shape index (κ1) is 28.2. The predicted octanol–water partition coefficient (Wildman–Crippen LogP) is 2.85. The van der Waals surface area contributed by atoms with Crippen LogP contribution in [-0.4, -0.2) is 89.2 Å². The standard InChI is InChI=1S/C31H42N6O3/c1-20-28(21(2)33-19-32-20)31(40)37-17-23-15-36(16-24(23)18-37)14-13-27(22-9-6-5-7-10-22)34-29(38)25-11-8-12-26(25)30(39)35(3)4/h5-7,9-10,19,23-27H,8,11-18H2,1-4H3,(H,34,38)/t23?,24?,25-,26+,27-/m0/s1. The zero-order valence-corrected chi connectivity index (χ0v) is 24.2. The fraction of sp³-hybridized carbons (Fsp3) is 0.581. The lowest BCUT2D eigenvalue weighted by atomic mass is 9.93. The van der Waals surface area contributed by atoms with Crippen LogP contribution in [0.15, 0.2) is 36.7 Å². The first-order chi connectivity index (χ1) is 19.2. The van der Waals surface area contributed by atoms with Crippen LogP contribution in [-0.2, 0) is 9.59 Å². The third-order valence-electron chi connectivity index (χ3n) is 9.15. The number of carbonyl (C=O) groups excluding carboxylic acids is 3. The van der Waals surface area contributed by atoms with Crippen LogP contribution in [0.4, 0.5) is 0 Å². The highest BCUT2D eigenvalue weighted by Crippen LogP contribution is 2.35. The molecule has 3 fully saturated rings. The molecule has 2 saturated heterocycles. The summed E-state index contributed by atoms with van der Waals surface area (Å²) in [7, 11) is 3.53. The average molecular weight is 547 g/mol. The normalized spacial score (nSPS) is 25.1. The minimum absolute atomic E-state index is 0.00511. The molecule has 3 amide bonds. The van der Waals surface area contributed by atoms with E-state index in [1.165, 1.54) is 6.33 Å². The van der Waals surface area contributed by atoms with Gasteiger partial charge in [0, 0.05) is 58.7 Å². The van der Waals surface area contributed by atoms with E-state index in [4.69, 9.17) is 0 Å². The van der Waals surface area contributed by atoms with Gasteiger partial charge in [-0.05, 0) is 50.5 Å². The van der Waals surface area contributed by atoms with Gasteiger partial charge in [-0.15, -0.1) is 0 Å². The summed E-state index contributed by atoms with van der Waals surface area (Å²) in [4.78, 5) is 53.9. The second-order valence-electron chi connectivity index (χ2n) is 12.0. The number of hydrogen-bond acceptors (Lipinski definition) is 6. The Balaban J connectivity index is 1.18. The van der Waals surface area contributed by atoms with Gasteiger partial charge in [-0.25, -0.2) is 9.97 Å². The summed E-state index contributed by atoms with van der Waals surface area (Å²) in [6, 6.07) is 10.0. The van der Waals surface area contributed by atoms with E-state index in [0.29, 0.717) is 17.4 Å². The van der Waals surface area contributed by atoms with Crippen molar-refractivity contribution in [1.29, 1.82) is 0 Å². The topological polar surface area (TPSA) is 98.7 Å². The number of benzene rings is 1. The third-order valence-corrected chi connectivity index (χ3v) is 9.15. The van der Waals surface area contributed by atoms with Gasteiger partial charge in [0.05, 0.1) is 23.0 Å². The van der Waals surface area contributed by atoms with Crippen LogP contribution in [0.1, 0.15) is 59.0 Å². The Hall–Kier alpha value is -3.33. The van der Waals surface area contributed by atoms with Crippen molar-refractivity contribution in [3.8, 4) is 0 Å². The van der Waals surface area contributed by atoms with E-state index in [2.05, 4.69) is 32.3 Å². The molecule has 2 aliphatic heterocycles. The van der Waals surface area contributed by atoms with Gasteiger partial charge >= 0.3 is 0 Å². The minimum Gasteiger partial charge on any atom is -0.349 e. The van der Waals surface area contributed by atoms with Crippen molar-refractivity contribution in [2.75, 3.05) is 46.8 Å². The lowest BCUT2D eigenvalue weighted by molar-refractivity contribution is -0.139. The fourth-order valence-electron chi connectivity index (χ4n) is 7.00. The van der Waals surface area contributed by atoms with Crippen molar-refractivity contribution < 1.29 is 14.4 Å². The summed E-state index contributed by atoms with van der Waals surface area (Å²) in [6.07, 6.45) is 4.76. The van der Waals surface area contributed by atoms with Crippen molar-refractivity contribution in [1.82, 2.24) is 30.0 Å². The van der Waals surface area contributed by atoms with Crippen molar-refractivity contribution in [2.45, 2.75) is 45.6 Å². The molecular weight excluding hydrogens is 504 g/mol. The highest BCUT2D eigenvalue weighted by Gasteiger charge is 2.43. The zero-order chi connectivity index (χ0) is 28.4. The molecule has 2 aromatic rings. The average Bonchev–Trinajstić information content (AvgIpc) is 3.66. The summed E-state index contributed by atoms with van der Waals surface area (Å²) in [6.45, 7) is 8.04. The van der Waals surface area contributed by atoms with Crippen LogP contribution >= 0.6 is 0 Å². The number of nitrogens with one attached hydrogen (secondary N) is 1. The van der Waals surface area contributed by atoms with Crippen molar-refractivity contribution >= 4 is 17.7 Å². The summed E-state index contributed by atoms with van der Waals surface area (Å²) >= 11 is 0. The maximum atomic E-state index is 13.4. The second-order valence-corrected chi connectivity index (χ2v) is 12.0. The maximum Gasteiger partial charge on any atom is 0.257 e. The molecule has 0 spiro atoms. The first-order valence-corrected chi connectivity index (χ1v) is 14.6. The number of hydrogen-bond donors (Lipinski definition) is 1. The van der Waals surface area contributed by atoms with Gasteiger partial charge in [-0.1, -0.05) is 36.8 Å². The highest BCUT2D eigenvalue weighted by atomic mass is 16.2. The highest BCUT2D eigenvalue weighted by molar-refractivity contribution is 5.96. The third kappa shape index (κ3) is 5.89. The quantitative estimate of drug-likeness (QED) is 0.547. The summed E-state index contributed by atoms with van der Waals surface area (Å²) < 4.78 is 0. The van der Waals surface area contributed by atoms with Crippen LogP contribution in [0.3, 0.4) is 0 Å². The number of aryl methyl sites for hydroxylation is 2. The fourth-order valence-corrected chi connectivity index (χ4v) is 7.00. The number of amides is 3. The van der Waals surface area contributed by atoms with Crippen LogP contribution in [0.25, 0.3) is 0 Å². The van der Waals surface area contributed by atoms with Crippen LogP contribution in [0.2, 0.25) is 0 Å². The lowest BCUT2D eigenvalue weighted by Crippen LogP contribution is -2.41. The number of fused-ring (bicyclic) bond motifs is 1. The SMILES string of the molecule is Cc1ncnc(C)c1C(=O)N1CC2CN(CC[C@H](NC(=O)[C@H]3CCC[C@H]3C(=O)N(C)C)c3ccccc3)CC2C1. The molecule has 1 saturated carbocycles. The van der Waals surface area contributed by atoms with Crippen molar-refractivity contribution in [3.63, 3.8) is 0 Å². The Kier molecular flexibility index (Phi) is 8.49. The van der Waals surface area contributed by atoms with E-state index in [9.17, 15) is 14.4 Å². The molecule has 2 unspecified atom stereocenters.